The fraction of sp³-hybridized carbons (Fsp3) is 0.320. The molecule has 3 aromatic heterocycles. The summed E-state index contributed by atoms with van der Waals surface area (Å²) in [6.07, 6.45) is 0. The monoisotopic (exact) mass is 478 g/mol. The van der Waals surface area contributed by atoms with Gasteiger partial charge < -0.3 is 19.0 Å². The Balaban J connectivity index is 1.16. The van der Waals surface area contributed by atoms with E-state index in [0.717, 1.165) is 21.0 Å². The summed E-state index contributed by atoms with van der Waals surface area (Å²) in [6.45, 7) is 7.34. The lowest BCUT2D eigenvalue weighted by atomic mass is 10.2. The number of hydrogen-bond donors (Lipinski definition) is 1. The second kappa shape index (κ2) is 9.44. The summed E-state index contributed by atoms with van der Waals surface area (Å²) in [5.41, 5.74) is 0.917. The molecular weight excluding hydrogens is 452 g/mol. The van der Waals surface area contributed by atoms with Gasteiger partial charge in [0.1, 0.15) is 28.8 Å². The summed E-state index contributed by atoms with van der Waals surface area (Å²) in [5.74, 6) is 2.22. The van der Waals surface area contributed by atoms with E-state index in [-0.39, 0.29) is 18.1 Å². The zero-order valence-electron chi connectivity index (χ0n) is 19.2. The molecule has 5 rings (SSSR count). The number of carbonyl (C=O) groups excluding carboxylic acids is 1. The minimum atomic E-state index is -0.122. The molecule has 1 fully saturated rings. The molecule has 0 saturated carbocycles. The van der Waals surface area contributed by atoms with Gasteiger partial charge in [0, 0.05) is 31.1 Å². The minimum Gasteiger partial charge on any atom is -0.486 e. The van der Waals surface area contributed by atoms with Crippen molar-refractivity contribution in [2.75, 3.05) is 26.2 Å². The van der Waals surface area contributed by atoms with Gasteiger partial charge >= 0.3 is 0 Å². The summed E-state index contributed by atoms with van der Waals surface area (Å²) in [7, 11) is 0. The number of rotatable bonds is 6. The quantitative estimate of drug-likeness (QED) is 0.454. The maximum absolute atomic E-state index is 12.9. The number of piperazine rings is 1. The van der Waals surface area contributed by atoms with Crippen molar-refractivity contribution in [3.8, 4) is 5.75 Å². The summed E-state index contributed by atoms with van der Waals surface area (Å²) in [5, 5.41) is 0.689. The Kier molecular flexibility index (Phi) is 6.21. The number of para-hydroxylation sites is 1. The number of ether oxygens (including phenoxy) is 1. The molecule has 8 nitrogen and oxygen atoms in total. The number of H-pyrrole nitrogens is 1. The largest absolute Gasteiger partial charge is 0.486 e. The molecule has 0 bridgehead atoms. The molecule has 1 amide bonds. The molecule has 34 heavy (non-hydrogen) atoms. The van der Waals surface area contributed by atoms with Gasteiger partial charge in [-0.1, -0.05) is 18.2 Å². The standard InChI is InChI=1S/C25H26N4O4S/c1-16-17(2)34-24-22(16)23(30)26-21(27-24)14-28-10-12-29(13-11-28)25(31)20-9-8-19(33-20)15-32-18-6-4-3-5-7-18/h3-9H,10-15H2,1-2H3,(H,26,27,30). The lowest BCUT2D eigenvalue weighted by molar-refractivity contribution is 0.0591. The Morgan fingerprint density at radius 2 is 1.88 bits per heavy atom. The van der Waals surface area contributed by atoms with Crippen molar-refractivity contribution in [3.63, 3.8) is 0 Å². The van der Waals surface area contributed by atoms with E-state index in [1.54, 1.807) is 28.4 Å². The number of amides is 1. The molecule has 0 aliphatic carbocycles. The first-order valence-corrected chi connectivity index (χ1v) is 12.1. The number of hydrogen-bond acceptors (Lipinski definition) is 7. The van der Waals surface area contributed by atoms with Crippen LogP contribution in [0.3, 0.4) is 0 Å². The number of aromatic amines is 1. The topological polar surface area (TPSA) is 91.7 Å². The molecule has 0 spiro atoms. The van der Waals surface area contributed by atoms with Crippen LogP contribution in [-0.4, -0.2) is 51.9 Å². The van der Waals surface area contributed by atoms with Crippen LogP contribution in [-0.2, 0) is 13.2 Å². The van der Waals surface area contributed by atoms with Gasteiger partial charge in [-0.3, -0.25) is 14.5 Å². The molecule has 1 aliphatic heterocycles. The van der Waals surface area contributed by atoms with Crippen LogP contribution in [0.4, 0.5) is 0 Å². The molecule has 1 aromatic carbocycles. The number of nitrogens with zero attached hydrogens (tertiary/aromatic N) is 3. The van der Waals surface area contributed by atoms with E-state index in [1.165, 1.54) is 0 Å². The number of thiophene rings is 1. The lowest BCUT2D eigenvalue weighted by Crippen LogP contribution is -2.48. The van der Waals surface area contributed by atoms with Crippen molar-refractivity contribution in [1.29, 1.82) is 0 Å². The summed E-state index contributed by atoms with van der Waals surface area (Å²) in [6, 6.07) is 13.0. The van der Waals surface area contributed by atoms with Crippen LogP contribution < -0.4 is 10.3 Å². The van der Waals surface area contributed by atoms with Crippen LogP contribution in [0.2, 0.25) is 0 Å². The fourth-order valence-electron chi connectivity index (χ4n) is 4.09. The maximum atomic E-state index is 12.9. The van der Waals surface area contributed by atoms with E-state index >= 15 is 0 Å². The molecule has 1 saturated heterocycles. The van der Waals surface area contributed by atoms with Gasteiger partial charge in [-0.15, -0.1) is 11.3 Å². The zero-order chi connectivity index (χ0) is 23.7. The van der Waals surface area contributed by atoms with Gasteiger partial charge in [0.05, 0.1) is 11.9 Å². The highest BCUT2D eigenvalue weighted by molar-refractivity contribution is 7.18. The van der Waals surface area contributed by atoms with Crippen LogP contribution >= 0.6 is 11.3 Å². The van der Waals surface area contributed by atoms with E-state index in [0.29, 0.717) is 55.5 Å². The predicted octanol–water partition coefficient (Wildman–Crippen LogP) is 3.73. The highest BCUT2D eigenvalue weighted by atomic mass is 32.1. The fourth-order valence-corrected chi connectivity index (χ4v) is 5.14. The second-order valence-corrected chi connectivity index (χ2v) is 9.62. The van der Waals surface area contributed by atoms with Crippen LogP contribution in [0.5, 0.6) is 5.75 Å². The second-order valence-electron chi connectivity index (χ2n) is 8.41. The van der Waals surface area contributed by atoms with Gasteiger partial charge in [0.25, 0.3) is 11.5 Å². The average molecular weight is 479 g/mol. The van der Waals surface area contributed by atoms with Crippen molar-refractivity contribution in [2.24, 2.45) is 0 Å². The highest BCUT2D eigenvalue weighted by Crippen LogP contribution is 2.26. The van der Waals surface area contributed by atoms with Gasteiger partial charge in [-0.2, -0.15) is 0 Å². The van der Waals surface area contributed by atoms with Crippen LogP contribution in [0.25, 0.3) is 10.2 Å². The molecular formula is C25H26N4O4S. The molecule has 1 aliphatic rings. The number of benzene rings is 1. The molecule has 1 N–H and O–H groups in total. The first kappa shape index (κ1) is 22.4. The van der Waals surface area contributed by atoms with Crippen molar-refractivity contribution in [2.45, 2.75) is 27.0 Å². The Bertz CT molecular complexity index is 1370. The van der Waals surface area contributed by atoms with Crippen LogP contribution in [0.1, 0.15) is 32.6 Å². The number of aromatic nitrogens is 2. The molecule has 0 radical (unpaired) electrons. The summed E-state index contributed by atoms with van der Waals surface area (Å²) in [4.78, 5) is 38.9. The molecule has 0 atom stereocenters. The van der Waals surface area contributed by atoms with Crippen molar-refractivity contribution in [1.82, 2.24) is 19.8 Å². The van der Waals surface area contributed by atoms with E-state index in [1.807, 2.05) is 44.2 Å². The summed E-state index contributed by atoms with van der Waals surface area (Å²) >= 11 is 1.55. The number of nitrogens with one attached hydrogen (secondary N) is 1. The number of aryl methyl sites for hydroxylation is 2. The Morgan fingerprint density at radius 1 is 1.12 bits per heavy atom. The molecule has 0 unspecified atom stereocenters. The van der Waals surface area contributed by atoms with E-state index in [2.05, 4.69) is 14.9 Å². The molecule has 9 heteroatoms. The van der Waals surface area contributed by atoms with Crippen molar-refractivity contribution >= 4 is 27.5 Å². The first-order valence-electron chi connectivity index (χ1n) is 11.2. The Morgan fingerprint density at radius 3 is 2.65 bits per heavy atom. The van der Waals surface area contributed by atoms with Gasteiger partial charge in [-0.05, 0) is 43.7 Å². The average Bonchev–Trinajstić information content (AvgIpc) is 3.43. The Hall–Kier alpha value is -3.43. The normalized spacial score (nSPS) is 14.6. The van der Waals surface area contributed by atoms with Crippen LogP contribution in [0.15, 0.2) is 51.7 Å². The number of carbonyl (C=O) groups is 1. The predicted molar refractivity (Wildman–Crippen MR) is 130 cm³/mol. The molecule has 176 valence electrons. The van der Waals surface area contributed by atoms with Gasteiger partial charge in [-0.25, -0.2) is 4.98 Å². The molecule has 4 heterocycles. The minimum absolute atomic E-state index is 0.0828. The van der Waals surface area contributed by atoms with E-state index < -0.39 is 0 Å². The van der Waals surface area contributed by atoms with Crippen molar-refractivity contribution in [3.05, 3.63) is 80.6 Å². The van der Waals surface area contributed by atoms with E-state index in [9.17, 15) is 9.59 Å². The van der Waals surface area contributed by atoms with Gasteiger partial charge in [0.2, 0.25) is 0 Å². The van der Waals surface area contributed by atoms with Gasteiger partial charge in [0.15, 0.2) is 5.76 Å². The third kappa shape index (κ3) is 4.62. The maximum Gasteiger partial charge on any atom is 0.289 e. The summed E-state index contributed by atoms with van der Waals surface area (Å²) < 4.78 is 11.4. The van der Waals surface area contributed by atoms with Crippen LogP contribution in [0, 0.1) is 13.8 Å². The lowest BCUT2D eigenvalue weighted by Gasteiger charge is -2.33. The smallest absolute Gasteiger partial charge is 0.289 e. The van der Waals surface area contributed by atoms with Crippen molar-refractivity contribution < 1.29 is 13.9 Å². The zero-order valence-corrected chi connectivity index (χ0v) is 20.0. The van der Waals surface area contributed by atoms with E-state index in [4.69, 9.17) is 9.15 Å². The number of furan rings is 1. The highest BCUT2D eigenvalue weighted by Gasteiger charge is 2.25. The molecule has 4 aromatic rings. The first-order chi connectivity index (χ1) is 16.5. The Labute approximate surface area is 200 Å². The third-order valence-electron chi connectivity index (χ3n) is 6.12. The number of fused-ring (bicyclic) bond motifs is 1. The third-order valence-corrected chi connectivity index (χ3v) is 7.22. The SMILES string of the molecule is Cc1sc2nc(CN3CCN(C(=O)c4ccc(COc5ccccc5)o4)CC3)[nH]c(=O)c2c1C.